The van der Waals surface area contributed by atoms with E-state index in [1.807, 2.05) is 12.1 Å². The summed E-state index contributed by atoms with van der Waals surface area (Å²) in [5, 5.41) is 8.12. The van der Waals surface area contributed by atoms with Crippen LogP contribution in [0.15, 0.2) is 24.4 Å². The summed E-state index contributed by atoms with van der Waals surface area (Å²) in [5.41, 5.74) is 0.588. The fourth-order valence-electron chi connectivity index (χ4n) is 2.86. The summed E-state index contributed by atoms with van der Waals surface area (Å²) < 4.78 is 32.1. The lowest BCUT2D eigenvalue weighted by molar-refractivity contribution is 0.226. The Hall–Kier alpha value is -1.60. The van der Waals surface area contributed by atoms with Crippen molar-refractivity contribution < 1.29 is 13.2 Å². The highest BCUT2D eigenvalue weighted by Crippen LogP contribution is 2.28. The van der Waals surface area contributed by atoms with Crippen LogP contribution in [0, 0.1) is 0 Å². The van der Waals surface area contributed by atoms with E-state index in [0.29, 0.717) is 17.7 Å². The third-order valence-corrected chi connectivity index (χ3v) is 5.74. The fourth-order valence-corrected chi connectivity index (χ4v) is 4.25. The van der Waals surface area contributed by atoms with Crippen LogP contribution >= 0.6 is 0 Å². The minimum Gasteiger partial charge on any atom is -0.488 e. The van der Waals surface area contributed by atoms with Crippen LogP contribution < -0.4 is 10.1 Å². The van der Waals surface area contributed by atoms with Crippen molar-refractivity contribution in [2.75, 3.05) is 18.8 Å². The molecule has 1 aromatic heterocycles. The zero-order valence-corrected chi connectivity index (χ0v) is 14.2. The Bertz CT molecular complexity index is 764. The van der Waals surface area contributed by atoms with E-state index in [1.165, 1.54) is 0 Å². The van der Waals surface area contributed by atoms with Gasteiger partial charge in [0, 0.05) is 6.54 Å². The molecule has 126 valence electrons. The van der Waals surface area contributed by atoms with Crippen LogP contribution in [0.5, 0.6) is 5.75 Å². The first kappa shape index (κ1) is 16.3. The highest BCUT2D eigenvalue weighted by atomic mass is 32.2. The molecule has 1 saturated heterocycles. The van der Waals surface area contributed by atoms with Crippen LogP contribution in [-0.2, 0) is 10.0 Å². The molecular weight excluding hydrogens is 314 g/mol. The number of ether oxygens (including phenoxy) is 1. The molecule has 0 saturated carbocycles. The van der Waals surface area contributed by atoms with Gasteiger partial charge in [0.05, 0.1) is 22.9 Å². The molecule has 0 spiro atoms. The molecule has 2 aromatic rings. The van der Waals surface area contributed by atoms with Crippen LogP contribution in [0.25, 0.3) is 10.9 Å². The first-order valence-corrected chi connectivity index (χ1v) is 9.80. The number of rotatable bonds is 7. The number of nitrogens with zero attached hydrogens (tertiary/aromatic N) is 2. The van der Waals surface area contributed by atoms with Gasteiger partial charge in [-0.2, -0.15) is 9.19 Å². The number of nitrogens with one attached hydrogen (secondary N) is 1. The molecule has 23 heavy (non-hydrogen) atoms. The quantitative estimate of drug-likeness (QED) is 0.784. The Balaban J connectivity index is 1.88. The van der Waals surface area contributed by atoms with Crippen LogP contribution in [0.1, 0.15) is 32.6 Å². The molecule has 1 fully saturated rings. The van der Waals surface area contributed by atoms with Gasteiger partial charge in [-0.05, 0) is 31.5 Å². The summed E-state index contributed by atoms with van der Waals surface area (Å²) in [6.45, 7) is 3.82. The maximum atomic E-state index is 12.5. The lowest BCUT2D eigenvalue weighted by Gasteiger charge is -2.13. The second-order valence-electron chi connectivity index (χ2n) is 5.93. The monoisotopic (exact) mass is 337 g/mol. The first-order chi connectivity index (χ1) is 11.1. The van der Waals surface area contributed by atoms with Crippen molar-refractivity contribution in [3.8, 4) is 5.75 Å². The van der Waals surface area contributed by atoms with Gasteiger partial charge in [-0.25, -0.2) is 8.42 Å². The molecule has 1 aliphatic heterocycles. The molecule has 0 bridgehead atoms. The summed E-state index contributed by atoms with van der Waals surface area (Å²) in [4.78, 5) is 0. The summed E-state index contributed by atoms with van der Waals surface area (Å²) in [6.07, 6.45) is 5.23. The molecule has 0 aliphatic carbocycles. The largest absolute Gasteiger partial charge is 0.488 e. The molecule has 1 unspecified atom stereocenters. The Morgan fingerprint density at radius 1 is 1.39 bits per heavy atom. The molecular formula is C16H23N3O3S. The van der Waals surface area contributed by atoms with E-state index in [1.54, 1.807) is 12.3 Å². The van der Waals surface area contributed by atoms with Gasteiger partial charge in [0.1, 0.15) is 11.9 Å². The second-order valence-corrected chi connectivity index (χ2v) is 7.85. The van der Waals surface area contributed by atoms with Crippen LogP contribution in [-0.4, -0.2) is 42.5 Å². The number of fused-ring (bicyclic) bond motifs is 1. The van der Waals surface area contributed by atoms with E-state index in [-0.39, 0.29) is 11.9 Å². The third kappa shape index (κ3) is 3.50. The summed E-state index contributed by atoms with van der Waals surface area (Å²) in [6, 6.07) is 5.47. The van der Waals surface area contributed by atoms with Gasteiger partial charge in [0.15, 0.2) is 0 Å². The number of hydrogen-bond acceptors (Lipinski definition) is 5. The van der Waals surface area contributed by atoms with Gasteiger partial charge < -0.3 is 10.1 Å². The van der Waals surface area contributed by atoms with Gasteiger partial charge in [-0.3, -0.25) is 0 Å². The lowest BCUT2D eigenvalue weighted by Crippen LogP contribution is -2.19. The molecule has 6 nitrogen and oxygen atoms in total. The van der Waals surface area contributed by atoms with E-state index in [2.05, 4.69) is 17.3 Å². The average Bonchev–Trinajstić information content (AvgIpc) is 3.17. The van der Waals surface area contributed by atoms with Gasteiger partial charge in [-0.15, -0.1) is 0 Å². The van der Waals surface area contributed by atoms with Gasteiger partial charge in [-0.1, -0.05) is 25.8 Å². The zero-order valence-electron chi connectivity index (χ0n) is 13.4. The summed E-state index contributed by atoms with van der Waals surface area (Å²) in [7, 11) is -3.42. The number of unbranched alkanes of at least 4 members (excludes halogenated alkanes) is 2. The van der Waals surface area contributed by atoms with Crippen molar-refractivity contribution >= 4 is 20.9 Å². The van der Waals surface area contributed by atoms with Gasteiger partial charge in [0.25, 0.3) is 10.0 Å². The van der Waals surface area contributed by atoms with E-state index >= 15 is 0 Å². The smallest absolute Gasteiger partial charge is 0.254 e. The molecule has 0 amide bonds. The predicted octanol–water partition coefficient (Wildman–Crippen LogP) is 2.15. The molecule has 1 aliphatic rings. The molecule has 7 heteroatoms. The average molecular weight is 337 g/mol. The van der Waals surface area contributed by atoms with E-state index in [4.69, 9.17) is 4.74 Å². The highest BCUT2D eigenvalue weighted by molar-refractivity contribution is 7.89. The van der Waals surface area contributed by atoms with Crippen LogP contribution in [0.3, 0.4) is 0 Å². The molecule has 1 atom stereocenters. The van der Waals surface area contributed by atoms with Crippen LogP contribution in [0.2, 0.25) is 0 Å². The SMILES string of the molecule is CCCCCS(=O)(=O)n1ncc2c(OC3CCNC3)cccc21. The molecule has 3 rings (SSSR count). The molecule has 1 aromatic carbocycles. The van der Waals surface area contributed by atoms with E-state index < -0.39 is 10.0 Å². The van der Waals surface area contributed by atoms with Crippen molar-refractivity contribution in [2.24, 2.45) is 0 Å². The summed E-state index contributed by atoms with van der Waals surface area (Å²) in [5.74, 6) is 0.820. The lowest BCUT2D eigenvalue weighted by atomic mass is 10.2. The van der Waals surface area contributed by atoms with Gasteiger partial charge in [0.2, 0.25) is 0 Å². The highest BCUT2D eigenvalue weighted by Gasteiger charge is 2.21. The standard InChI is InChI=1S/C16H23N3O3S/c1-2-3-4-10-23(20,21)19-15-6-5-7-16(14(15)12-18-19)22-13-8-9-17-11-13/h5-7,12-13,17H,2-4,8-11H2,1H3. The maximum Gasteiger partial charge on any atom is 0.254 e. The Kier molecular flexibility index (Phi) is 4.87. The number of aromatic nitrogens is 2. The Labute approximate surface area is 136 Å². The van der Waals surface area contributed by atoms with Crippen molar-refractivity contribution in [3.63, 3.8) is 0 Å². The summed E-state index contributed by atoms with van der Waals surface area (Å²) >= 11 is 0. The number of hydrogen-bond donors (Lipinski definition) is 1. The van der Waals surface area contributed by atoms with E-state index in [9.17, 15) is 8.42 Å². The van der Waals surface area contributed by atoms with Crippen molar-refractivity contribution in [1.82, 2.24) is 14.5 Å². The number of benzene rings is 1. The van der Waals surface area contributed by atoms with E-state index in [0.717, 1.165) is 41.8 Å². The van der Waals surface area contributed by atoms with Crippen molar-refractivity contribution in [1.29, 1.82) is 0 Å². The van der Waals surface area contributed by atoms with Gasteiger partial charge >= 0.3 is 0 Å². The Morgan fingerprint density at radius 3 is 3.00 bits per heavy atom. The molecule has 2 heterocycles. The molecule has 0 radical (unpaired) electrons. The first-order valence-electron chi connectivity index (χ1n) is 8.19. The normalized spacial score (nSPS) is 18.6. The minimum absolute atomic E-state index is 0.120. The maximum absolute atomic E-state index is 12.5. The second kappa shape index (κ2) is 6.88. The fraction of sp³-hybridized carbons (Fsp3) is 0.562. The van der Waals surface area contributed by atoms with Crippen molar-refractivity contribution in [2.45, 2.75) is 38.7 Å². The topological polar surface area (TPSA) is 73.2 Å². The zero-order chi connectivity index (χ0) is 16.3. The molecule has 1 N–H and O–H groups in total. The predicted molar refractivity (Wildman–Crippen MR) is 90.3 cm³/mol. The van der Waals surface area contributed by atoms with Crippen molar-refractivity contribution in [3.05, 3.63) is 24.4 Å². The minimum atomic E-state index is -3.42. The Morgan fingerprint density at radius 2 is 2.26 bits per heavy atom. The van der Waals surface area contributed by atoms with Crippen LogP contribution in [0.4, 0.5) is 0 Å². The third-order valence-electron chi connectivity index (χ3n) is 4.12.